The van der Waals surface area contributed by atoms with Crippen molar-refractivity contribution in [3.8, 4) is 5.75 Å². The molecule has 6 nitrogen and oxygen atoms in total. The van der Waals surface area contributed by atoms with Crippen LogP contribution in [0, 0.1) is 0 Å². The number of anilines is 1. The van der Waals surface area contributed by atoms with Crippen molar-refractivity contribution >= 4 is 11.7 Å². The van der Waals surface area contributed by atoms with Crippen molar-refractivity contribution in [1.82, 2.24) is 10.3 Å². The van der Waals surface area contributed by atoms with Crippen LogP contribution >= 0.6 is 0 Å². The van der Waals surface area contributed by atoms with Crippen molar-refractivity contribution in [1.29, 1.82) is 0 Å². The molecule has 0 bridgehead atoms. The summed E-state index contributed by atoms with van der Waals surface area (Å²) in [7, 11) is 1.58. The van der Waals surface area contributed by atoms with Crippen LogP contribution in [0.1, 0.15) is 17.5 Å². The first-order valence-electron chi connectivity index (χ1n) is 8.63. The number of benzene rings is 1. The molecule has 0 radical (unpaired) electrons. The molecule has 9 heteroatoms. The summed E-state index contributed by atoms with van der Waals surface area (Å²) < 4.78 is 47.8. The minimum absolute atomic E-state index is 0.0644. The van der Waals surface area contributed by atoms with Gasteiger partial charge in [0.1, 0.15) is 18.2 Å². The molecule has 2 rings (SSSR count). The van der Waals surface area contributed by atoms with Gasteiger partial charge in [-0.25, -0.2) is 4.98 Å². The third kappa shape index (κ3) is 7.43. The van der Waals surface area contributed by atoms with Crippen molar-refractivity contribution in [2.75, 3.05) is 32.1 Å². The van der Waals surface area contributed by atoms with Gasteiger partial charge in [-0.2, -0.15) is 13.2 Å². The Balaban J connectivity index is 1.57. The van der Waals surface area contributed by atoms with E-state index in [-0.39, 0.29) is 12.5 Å². The molecule has 1 aromatic carbocycles. The maximum absolute atomic E-state index is 12.5. The van der Waals surface area contributed by atoms with Crippen LogP contribution in [0.25, 0.3) is 0 Å². The molecule has 0 unspecified atom stereocenters. The van der Waals surface area contributed by atoms with Crippen molar-refractivity contribution in [3.05, 3.63) is 53.7 Å². The van der Waals surface area contributed by atoms with Crippen LogP contribution in [0.5, 0.6) is 5.75 Å². The van der Waals surface area contributed by atoms with Gasteiger partial charge in [0, 0.05) is 19.3 Å². The number of methoxy groups -OCH3 is 1. The zero-order valence-corrected chi connectivity index (χ0v) is 15.4. The Hall–Kier alpha value is -2.81. The molecule has 0 aliphatic heterocycles. The van der Waals surface area contributed by atoms with Crippen LogP contribution in [0.2, 0.25) is 0 Å². The molecule has 152 valence electrons. The third-order valence-electron chi connectivity index (χ3n) is 3.71. The number of hydrogen-bond acceptors (Lipinski definition) is 5. The first-order chi connectivity index (χ1) is 13.4. The summed E-state index contributed by atoms with van der Waals surface area (Å²) >= 11 is 0. The number of nitrogens with zero attached hydrogens (tertiary/aromatic N) is 1. The molecule has 28 heavy (non-hydrogen) atoms. The summed E-state index contributed by atoms with van der Waals surface area (Å²) in [5, 5.41) is 5.61. The molecule has 2 aromatic rings. The Kier molecular flexibility index (Phi) is 8.06. The van der Waals surface area contributed by atoms with Crippen molar-refractivity contribution in [2.45, 2.75) is 19.2 Å². The summed E-state index contributed by atoms with van der Waals surface area (Å²) in [6.45, 7) is 1.11. The van der Waals surface area contributed by atoms with E-state index in [1.807, 2.05) is 24.3 Å². The Morgan fingerprint density at radius 2 is 2.00 bits per heavy atom. The number of aromatic nitrogens is 1. The van der Waals surface area contributed by atoms with Crippen molar-refractivity contribution in [3.63, 3.8) is 0 Å². The van der Waals surface area contributed by atoms with Gasteiger partial charge in [0.2, 0.25) is 5.91 Å². The third-order valence-corrected chi connectivity index (χ3v) is 3.71. The highest BCUT2D eigenvalue weighted by atomic mass is 19.4. The van der Waals surface area contributed by atoms with Gasteiger partial charge in [-0.15, -0.1) is 0 Å². The molecule has 0 spiro atoms. The van der Waals surface area contributed by atoms with E-state index in [9.17, 15) is 18.0 Å². The highest BCUT2D eigenvalue weighted by Crippen LogP contribution is 2.28. The average Bonchev–Trinajstić information content (AvgIpc) is 2.67. The molecule has 0 saturated heterocycles. The van der Waals surface area contributed by atoms with Crippen LogP contribution in [0.3, 0.4) is 0 Å². The number of halogens is 3. The number of carbonyl (C=O) groups excluding carboxylic acids is 1. The summed E-state index contributed by atoms with van der Waals surface area (Å²) in [4.78, 5) is 15.4. The number of ether oxygens (including phenoxy) is 2. The highest BCUT2D eigenvalue weighted by molar-refractivity contribution is 5.77. The van der Waals surface area contributed by atoms with E-state index in [0.717, 1.165) is 23.6 Å². The van der Waals surface area contributed by atoms with Gasteiger partial charge in [0.25, 0.3) is 0 Å². The summed E-state index contributed by atoms with van der Waals surface area (Å²) in [6, 6.07) is 9.62. The average molecular weight is 397 g/mol. The molecule has 0 atom stereocenters. The molecular formula is C19H22F3N3O3. The monoisotopic (exact) mass is 397 g/mol. The van der Waals surface area contributed by atoms with E-state index in [0.29, 0.717) is 31.9 Å². The molecule has 1 aromatic heterocycles. The molecule has 0 aliphatic rings. The number of nitrogens with one attached hydrogen (secondary N) is 2. The zero-order chi connectivity index (χ0) is 20.4. The Bertz CT molecular complexity index is 752. The van der Waals surface area contributed by atoms with Gasteiger partial charge in [-0.3, -0.25) is 4.79 Å². The Labute approximate surface area is 161 Å². The first kappa shape index (κ1) is 21.5. The maximum Gasteiger partial charge on any atom is 0.417 e. The predicted octanol–water partition coefficient (Wildman–Crippen LogP) is 3.24. The van der Waals surface area contributed by atoms with E-state index in [2.05, 4.69) is 15.6 Å². The van der Waals surface area contributed by atoms with Gasteiger partial charge < -0.3 is 20.1 Å². The standard InChI is InChI=1S/C19H22F3N3O3/c1-27-16-5-2-4-14(10-16)12-28-13-18(26)24-9-3-8-23-17-7-6-15(11-25-17)19(20,21)22/h2,4-7,10-11H,3,8-9,12-13H2,1H3,(H,23,25)(H,24,26). The topological polar surface area (TPSA) is 72.5 Å². The fourth-order valence-electron chi connectivity index (χ4n) is 2.27. The number of hydrogen-bond donors (Lipinski definition) is 2. The lowest BCUT2D eigenvalue weighted by Gasteiger charge is -2.09. The van der Waals surface area contributed by atoms with Gasteiger partial charge in [-0.05, 0) is 36.2 Å². The smallest absolute Gasteiger partial charge is 0.417 e. The van der Waals surface area contributed by atoms with Crippen LogP contribution in [0.15, 0.2) is 42.6 Å². The summed E-state index contributed by atoms with van der Waals surface area (Å²) in [5.41, 5.74) is 0.111. The molecular weight excluding hydrogens is 375 g/mol. The van der Waals surface area contributed by atoms with Crippen LogP contribution < -0.4 is 15.4 Å². The first-order valence-corrected chi connectivity index (χ1v) is 8.63. The molecule has 0 fully saturated rings. The SMILES string of the molecule is COc1cccc(COCC(=O)NCCCNc2ccc(C(F)(F)F)cn2)c1. The number of pyridine rings is 1. The second kappa shape index (κ2) is 10.5. The van der Waals surface area contributed by atoms with E-state index in [1.54, 1.807) is 7.11 Å². The van der Waals surface area contributed by atoms with Gasteiger partial charge in [0.15, 0.2) is 0 Å². The van der Waals surface area contributed by atoms with E-state index < -0.39 is 11.7 Å². The van der Waals surface area contributed by atoms with E-state index in [4.69, 9.17) is 9.47 Å². The minimum Gasteiger partial charge on any atom is -0.497 e. The van der Waals surface area contributed by atoms with E-state index >= 15 is 0 Å². The molecule has 0 saturated carbocycles. The number of carbonyl (C=O) groups is 1. The fraction of sp³-hybridized carbons (Fsp3) is 0.368. The lowest BCUT2D eigenvalue weighted by Crippen LogP contribution is -2.29. The number of rotatable bonds is 10. The highest BCUT2D eigenvalue weighted by Gasteiger charge is 2.30. The molecule has 1 heterocycles. The second-order valence-electron chi connectivity index (χ2n) is 5.90. The number of alkyl halides is 3. The lowest BCUT2D eigenvalue weighted by molar-refractivity contribution is -0.137. The predicted molar refractivity (Wildman–Crippen MR) is 98.0 cm³/mol. The van der Waals surface area contributed by atoms with Crippen LogP contribution in [-0.4, -0.2) is 37.7 Å². The molecule has 1 amide bonds. The number of amides is 1. The van der Waals surface area contributed by atoms with E-state index in [1.165, 1.54) is 6.07 Å². The van der Waals surface area contributed by atoms with Crippen LogP contribution in [0.4, 0.5) is 19.0 Å². The van der Waals surface area contributed by atoms with Crippen LogP contribution in [-0.2, 0) is 22.3 Å². The summed E-state index contributed by atoms with van der Waals surface area (Å²) in [6.07, 6.45) is -3.03. The normalized spacial score (nSPS) is 11.1. The van der Waals surface area contributed by atoms with Gasteiger partial charge in [0.05, 0.1) is 19.3 Å². The molecule has 2 N–H and O–H groups in total. The van der Waals surface area contributed by atoms with Gasteiger partial charge >= 0.3 is 6.18 Å². The van der Waals surface area contributed by atoms with Crippen molar-refractivity contribution in [2.24, 2.45) is 0 Å². The lowest BCUT2D eigenvalue weighted by atomic mass is 10.2. The largest absolute Gasteiger partial charge is 0.497 e. The maximum atomic E-state index is 12.5. The second-order valence-corrected chi connectivity index (χ2v) is 5.90. The van der Waals surface area contributed by atoms with Crippen molar-refractivity contribution < 1.29 is 27.4 Å². The summed E-state index contributed by atoms with van der Waals surface area (Å²) in [5.74, 6) is 0.831. The zero-order valence-electron chi connectivity index (χ0n) is 15.4. The quantitative estimate of drug-likeness (QED) is 0.602. The Morgan fingerprint density at radius 1 is 1.18 bits per heavy atom. The fourth-order valence-corrected chi connectivity index (χ4v) is 2.27. The van der Waals surface area contributed by atoms with Gasteiger partial charge in [-0.1, -0.05) is 12.1 Å². The Morgan fingerprint density at radius 3 is 2.68 bits per heavy atom. The molecule has 0 aliphatic carbocycles. The minimum atomic E-state index is -4.40.